The summed E-state index contributed by atoms with van der Waals surface area (Å²) in [7, 11) is 0. The van der Waals surface area contributed by atoms with Gasteiger partial charge in [0.15, 0.2) is 0 Å². The van der Waals surface area contributed by atoms with Gasteiger partial charge in [-0.1, -0.05) is 13.8 Å². The fourth-order valence-electron chi connectivity index (χ4n) is 2.63. The minimum absolute atomic E-state index is 0.00206. The molecule has 6 nitrogen and oxygen atoms in total. The maximum Gasteiger partial charge on any atom is 0.305 e. The minimum atomic E-state index is -0.863. The second kappa shape index (κ2) is 7.17. The first-order valence-electron chi connectivity index (χ1n) is 7.53. The zero-order valence-electron chi connectivity index (χ0n) is 13.3. The molecule has 1 aromatic heterocycles. The van der Waals surface area contributed by atoms with Crippen LogP contribution in [0.1, 0.15) is 36.3 Å². The Bertz CT molecular complexity index is 556. The van der Waals surface area contributed by atoms with Crippen LogP contribution < -0.4 is 0 Å². The molecule has 1 atom stereocenters. The molecule has 0 aromatic carbocycles. The number of hydrogen-bond donors (Lipinski definition) is 1. The van der Waals surface area contributed by atoms with Crippen molar-refractivity contribution < 1.29 is 14.7 Å². The molecule has 1 aliphatic heterocycles. The summed E-state index contributed by atoms with van der Waals surface area (Å²) in [6, 6.07) is -0.239. The molecular weight excluding hydrogens is 302 g/mol. The lowest BCUT2D eigenvalue weighted by Crippen LogP contribution is -2.47. The molecule has 7 heteroatoms. The average molecular weight is 325 g/mol. The molecule has 2 rings (SSSR count). The van der Waals surface area contributed by atoms with Crippen molar-refractivity contribution in [2.24, 2.45) is 5.92 Å². The highest BCUT2D eigenvalue weighted by Crippen LogP contribution is 2.22. The second-order valence-corrected chi connectivity index (χ2v) is 7.19. The largest absolute Gasteiger partial charge is 0.481 e. The van der Waals surface area contributed by atoms with E-state index < -0.39 is 5.97 Å². The fraction of sp³-hybridized carbons (Fsp3) is 0.667. The molecule has 0 saturated carbocycles. The number of amides is 1. The van der Waals surface area contributed by atoms with E-state index in [1.54, 1.807) is 22.9 Å². The lowest BCUT2D eigenvalue weighted by molar-refractivity contribution is -0.138. The van der Waals surface area contributed by atoms with Crippen LogP contribution in [0.5, 0.6) is 0 Å². The molecule has 2 heterocycles. The highest BCUT2D eigenvalue weighted by atomic mass is 32.2. The van der Waals surface area contributed by atoms with E-state index in [1.165, 1.54) is 0 Å². The lowest BCUT2D eigenvalue weighted by Gasteiger charge is -2.34. The summed E-state index contributed by atoms with van der Waals surface area (Å²) < 4.78 is 1.85. The Kier molecular flexibility index (Phi) is 5.50. The minimum Gasteiger partial charge on any atom is -0.481 e. The van der Waals surface area contributed by atoms with Crippen LogP contribution in [0, 0.1) is 12.8 Å². The van der Waals surface area contributed by atoms with Gasteiger partial charge in [0, 0.05) is 30.3 Å². The summed E-state index contributed by atoms with van der Waals surface area (Å²) in [5.74, 6) is 1.02. The summed E-state index contributed by atoms with van der Waals surface area (Å²) >= 11 is 1.70. The zero-order valence-corrected chi connectivity index (χ0v) is 14.1. The normalized spacial score (nSPS) is 18.7. The molecule has 0 spiro atoms. The third-order valence-electron chi connectivity index (χ3n) is 3.77. The number of carbonyl (C=O) groups excluding carboxylic acids is 1. The number of rotatable bonds is 5. The first kappa shape index (κ1) is 16.9. The van der Waals surface area contributed by atoms with Gasteiger partial charge in [-0.05, 0) is 12.8 Å². The van der Waals surface area contributed by atoms with Gasteiger partial charge in [0.2, 0.25) is 0 Å². The molecule has 1 fully saturated rings. The number of hydrogen-bond acceptors (Lipinski definition) is 4. The van der Waals surface area contributed by atoms with Crippen molar-refractivity contribution in [1.82, 2.24) is 14.7 Å². The molecule has 1 amide bonds. The molecule has 1 aromatic rings. The third-order valence-corrected chi connectivity index (χ3v) is 4.86. The van der Waals surface area contributed by atoms with Crippen LogP contribution in [0.15, 0.2) is 6.20 Å². The quantitative estimate of drug-likeness (QED) is 0.894. The van der Waals surface area contributed by atoms with Gasteiger partial charge < -0.3 is 10.0 Å². The molecular formula is C15H23N3O3S. The fourth-order valence-corrected chi connectivity index (χ4v) is 3.70. The molecule has 1 saturated heterocycles. The molecule has 1 aliphatic rings. The molecule has 1 N–H and O–H groups in total. The van der Waals surface area contributed by atoms with E-state index in [0.717, 1.165) is 18.0 Å². The Morgan fingerprint density at radius 2 is 2.23 bits per heavy atom. The molecule has 122 valence electrons. The first-order valence-corrected chi connectivity index (χ1v) is 8.68. The monoisotopic (exact) mass is 325 g/mol. The van der Waals surface area contributed by atoms with Gasteiger partial charge in [-0.2, -0.15) is 16.9 Å². The smallest absolute Gasteiger partial charge is 0.305 e. The predicted octanol–water partition coefficient (Wildman–Crippen LogP) is 1.88. The average Bonchev–Trinajstić information content (AvgIpc) is 2.79. The number of carboxylic acid groups (broad SMARTS) is 1. The van der Waals surface area contributed by atoms with E-state index in [2.05, 4.69) is 18.9 Å². The van der Waals surface area contributed by atoms with Gasteiger partial charge in [-0.25, -0.2) is 0 Å². The Hall–Kier alpha value is -1.50. The molecule has 0 aliphatic carbocycles. The molecule has 22 heavy (non-hydrogen) atoms. The summed E-state index contributed by atoms with van der Waals surface area (Å²) in [5.41, 5.74) is 1.44. The number of aromatic nitrogens is 2. The summed E-state index contributed by atoms with van der Waals surface area (Å²) in [6.45, 7) is 7.47. The van der Waals surface area contributed by atoms with E-state index in [-0.39, 0.29) is 18.4 Å². The van der Waals surface area contributed by atoms with Crippen molar-refractivity contribution >= 4 is 23.6 Å². The summed E-state index contributed by atoms with van der Waals surface area (Å²) in [5, 5.41) is 13.3. The van der Waals surface area contributed by atoms with Gasteiger partial charge in [-0.3, -0.25) is 14.3 Å². The van der Waals surface area contributed by atoms with E-state index in [1.807, 2.05) is 11.6 Å². The maximum absolute atomic E-state index is 12.8. The maximum atomic E-state index is 12.8. The third kappa shape index (κ3) is 3.82. The number of thioether (sulfide) groups is 1. The second-order valence-electron chi connectivity index (χ2n) is 6.04. The Morgan fingerprint density at radius 1 is 1.50 bits per heavy atom. The number of nitrogens with zero attached hydrogens (tertiary/aromatic N) is 3. The topological polar surface area (TPSA) is 75.4 Å². The van der Waals surface area contributed by atoms with Gasteiger partial charge >= 0.3 is 5.97 Å². The lowest BCUT2D eigenvalue weighted by atomic mass is 10.1. The van der Waals surface area contributed by atoms with Crippen LogP contribution in [-0.2, 0) is 11.3 Å². The van der Waals surface area contributed by atoms with Crippen LogP contribution in [-0.4, -0.2) is 55.8 Å². The highest BCUT2D eigenvalue weighted by molar-refractivity contribution is 7.99. The van der Waals surface area contributed by atoms with Gasteiger partial charge in [-0.15, -0.1) is 0 Å². The van der Waals surface area contributed by atoms with E-state index in [0.29, 0.717) is 23.8 Å². The van der Waals surface area contributed by atoms with Gasteiger partial charge in [0.1, 0.15) is 0 Å². The van der Waals surface area contributed by atoms with E-state index in [9.17, 15) is 9.59 Å². The van der Waals surface area contributed by atoms with Crippen molar-refractivity contribution in [2.75, 3.05) is 18.1 Å². The van der Waals surface area contributed by atoms with Crippen LogP contribution in [0.25, 0.3) is 0 Å². The van der Waals surface area contributed by atoms with Crippen molar-refractivity contribution in [3.8, 4) is 0 Å². The van der Waals surface area contributed by atoms with Gasteiger partial charge in [0.05, 0.1) is 24.2 Å². The highest BCUT2D eigenvalue weighted by Gasteiger charge is 2.31. The van der Waals surface area contributed by atoms with Crippen molar-refractivity contribution in [3.63, 3.8) is 0 Å². The van der Waals surface area contributed by atoms with Crippen LogP contribution in [0.3, 0.4) is 0 Å². The summed E-state index contributed by atoms with van der Waals surface area (Å²) in [6.07, 6.45) is 1.61. The van der Waals surface area contributed by atoms with Gasteiger partial charge in [0.25, 0.3) is 5.91 Å². The van der Waals surface area contributed by atoms with Crippen LogP contribution in [0.4, 0.5) is 0 Å². The Morgan fingerprint density at radius 3 is 2.86 bits per heavy atom. The van der Waals surface area contributed by atoms with Crippen molar-refractivity contribution in [1.29, 1.82) is 0 Å². The standard InChI is InChI=1S/C15H23N3O3S/c1-10(2)8-18-11(3)13(7-16-18)15(21)17-4-5-22-9-12(17)6-14(19)20/h7,10,12H,4-6,8-9H2,1-3H3,(H,19,20). The summed E-state index contributed by atoms with van der Waals surface area (Å²) in [4.78, 5) is 25.5. The Labute approximate surface area is 134 Å². The van der Waals surface area contributed by atoms with Crippen molar-refractivity contribution in [2.45, 2.75) is 39.8 Å². The number of carboxylic acids is 1. The van der Waals surface area contributed by atoms with Crippen molar-refractivity contribution in [3.05, 3.63) is 17.5 Å². The van der Waals surface area contributed by atoms with Crippen LogP contribution >= 0.6 is 11.8 Å². The molecule has 1 unspecified atom stereocenters. The molecule has 0 bridgehead atoms. The number of carbonyl (C=O) groups is 2. The number of aliphatic carboxylic acids is 1. The predicted molar refractivity (Wildman–Crippen MR) is 86.2 cm³/mol. The Balaban J connectivity index is 2.18. The zero-order chi connectivity index (χ0) is 16.3. The van der Waals surface area contributed by atoms with E-state index >= 15 is 0 Å². The van der Waals surface area contributed by atoms with Crippen LogP contribution in [0.2, 0.25) is 0 Å². The SMILES string of the molecule is Cc1c(C(=O)N2CCSCC2CC(=O)O)cnn1CC(C)C. The molecule has 0 radical (unpaired) electrons. The van der Waals surface area contributed by atoms with E-state index in [4.69, 9.17) is 5.11 Å². The first-order chi connectivity index (χ1) is 10.4.